The van der Waals surface area contributed by atoms with Crippen LogP contribution in [0.4, 0.5) is 11.6 Å². The first-order valence-electron chi connectivity index (χ1n) is 8.12. The second-order valence-corrected chi connectivity index (χ2v) is 6.45. The van der Waals surface area contributed by atoms with Gasteiger partial charge in [0.1, 0.15) is 12.1 Å². The van der Waals surface area contributed by atoms with Crippen LogP contribution in [0.5, 0.6) is 0 Å². The van der Waals surface area contributed by atoms with Crippen LogP contribution >= 0.6 is 0 Å². The van der Waals surface area contributed by atoms with Crippen molar-refractivity contribution in [2.45, 2.75) is 25.3 Å². The lowest BCUT2D eigenvalue weighted by Gasteiger charge is -2.34. The van der Waals surface area contributed by atoms with Crippen LogP contribution in [0.2, 0.25) is 0 Å². The molecule has 0 aromatic carbocycles. The van der Waals surface area contributed by atoms with Gasteiger partial charge in [0.15, 0.2) is 11.3 Å². The Hall–Kier alpha value is -2.94. The minimum Gasteiger partial charge on any atom is -0.427 e. The quantitative estimate of drug-likeness (QED) is 0.539. The average Bonchev–Trinajstić information content (AvgIpc) is 2.85. The monoisotopic (exact) mass is 341 g/mol. The fourth-order valence-electron chi connectivity index (χ4n) is 3.64. The number of hydrogen-bond donors (Lipinski definition) is 4. The van der Waals surface area contributed by atoms with E-state index in [0.29, 0.717) is 29.4 Å². The highest BCUT2D eigenvalue weighted by molar-refractivity contribution is 6.00. The van der Waals surface area contributed by atoms with Crippen LogP contribution in [-0.4, -0.2) is 38.9 Å². The molecule has 1 fully saturated rings. The van der Waals surface area contributed by atoms with Crippen molar-refractivity contribution in [2.75, 3.05) is 18.8 Å². The Morgan fingerprint density at radius 2 is 2.24 bits per heavy atom. The molecular weight excluding hydrogens is 322 g/mol. The summed E-state index contributed by atoms with van der Waals surface area (Å²) in [5, 5.41) is 17.2. The van der Waals surface area contributed by atoms with Crippen LogP contribution in [0.15, 0.2) is 23.5 Å². The van der Waals surface area contributed by atoms with Gasteiger partial charge in [-0.25, -0.2) is 15.0 Å². The van der Waals surface area contributed by atoms with Gasteiger partial charge in [-0.1, -0.05) is 0 Å². The van der Waals surface area contributed by atoms with Gasteiger partial charge in [0, 0.05) is 12.6 Å². The van der Waals surface area contributed by atoms with Gasteiger partial charge in [0.25, 0.3) is 5.91 Å². The van der Waals surface area contributed by atoms with Gasteiger partial charge in [-0.05, 0) is 37.9 Å². The molecule has 2 aromatic heterocycles. The van der Waals surface area contributed by atoms with Crippen molar-refractivity contribution in [3.05, 3.63) is 40.8 Å². The number of hydrogen-bond acceptors (Lipinski definition) is 7. The van der Waals surface area contributed by atoms with Crippen LogP contribution in [0, 0.1) is 6.92 Å². The SMILES string of the molecule is Cc1cc(=Nc2cc(N)ncn2)n(O)c2c1C(=O)NC21CCCNC1. The summed E-state index contributed by atoms with van der Waals surface area (Å²) in [5.41, 5.74) is 7.12. The summed E-state index contributed by atoms with van der Waals surface area (Å²) in [7, 11) is 0. The number of nitrogens with two attached hydrogens (primary N) is 1. The highest BCUT2D eigenvalue weighted by Gasteiger charge is 2.47. The first-order valence-corrected chi connectivity index (χ1v) is 8.12. The third-order valence-electron chi connectivity index (χ3n) is 4.73. The van der Waals surface area contributed by atoms with Gasteiger partial charge >= 0.3 is 0 Å². The molecule has 130 valence electrons. The Balaban J connectivity index is 1.94. The third-order valence-corrected chi connectivity index (χ3v) is 4.73. The van der Waals surface area contributed by atoms with Crippen molar-refractivity contribution in [1.29, 1.82) is 0 Å². The van der Waals surface area contributed by atoms with E-state index in [2.05, 4.69) is 25.6 Å². The van der Waals surface area contributed by atoms with E-state index in [1.807, 2.05) is 6.92 Å². The number of nitrogens with zero attached hydrogens (tertiary/aromatic N) is 4. The summed E-state index contributed by atoms with van der Waals surface area (Å²) >= 11 is 0. The number of nitrogen functional groups attached to an aromatic ring is 1. The lowest BCUT2D eigenvalue weighted by Crippen LogP contribution is -2.52. The van der Waals surface area contributed by atoms with Crippen LogP contribution in [0.1, 0.15) is 34.5 Å². The summed E-state index contributed by atoms with van der Waals surface area (Å²) in [6, 6.07) is 3.18. The van der Waals surface area contributed by atoms with Crippen LogP contribution in [-0.2, 0) is 5.54 Å². The van der Waals surface area contributed by atoms with Crippen molar-refractivity contribution in [1.82, 2.24) is 25.3 Å². The molecule has 1 amide bonds. The Kier molecular flexibility index (Phi) is 3.46. The van der Waals surface area contributed by atoms with E-state index in [0.717, 1.165) is 29.7 Å². The van der Waals surface area contributed by atoms with Crippen molar-refractivity contribution in [3.63, 3.8) is 0 Å². The fraction of sp³-hybridized carbons (Fsp3) is 0.375. The molecule has 9 nitrogen and oxygen atoms in total. The number of rotatable bonds is 1. The molecule has 1 unspecified atom stereocenters. The zero-order valence-corrected chi connectivity index (χ0v) is 13.8. The Labute approximate surface area is 143 Å². The highest BCUT2D eigenvalue weighted by Crippen LogP contribution is 2.36. The summed E-state index contributed by atoms with van der Waals surface area (Å²) in [4.78, 5) is 24.7. The number of aromatic nitrogens is 3. The topological polar surface area (TPSA) is 130 Å². The maximum atomic E-state index is 12.5. The second kappa shape index (κ2) is 5.55. The lowest BCUT2D eigenvalue weighted by atomic mass is 9.86. The molecule has 0 bridgehead atoms. The van der Waals surface area contributed by atoms with Gasteiger partial charge < -0.3 is 21.6 Å². The van der Waals surface area contributed by atoms with Gasteiger partial charge in [-0.2, -0.15) is 4.73 Å². The van der Waals surface area contributed by atoms with Crippen LogP contribution in [0.25, 0.3) is 0 Å². The molecular formula is C16H19N7O2. The van der Waals surface area contributed by atoms with Crippen molar-refractivity contribution in [2.24, 2.45) is 4.99 Å². The van der Waals surface area contributed by atoms with Gasteiger partial charge in [0.2, 0.25) is 0 Å². The van der Waals surface area contributed by atoms with E-state index >= 15 is 0 Å². The molecule has 2 aromatic rings. The average molecular weight is 341 g/mol. The Bertz CT molecular complexity index is 929. The number of piperidine rings is 1. The maximum absolute atomic E-state index is 12.5. The Morgan fingerprint density at radius 3 is 2.96 bits per heavy atom. The van der Waals surface area contributed by atoms with E-state index in [-0.39, 0.29) is 11.4 Å². The largest absolute Gasteiger partial charge is 0.427 e. The normalized spacial score (nSPS) is 22.9. The number of carbonyl (C=O) groups is 1. The van der Waals surface area contributed by atoms with E-state index in [4.69, 9.17) is 5.73 Å². The predicted octanol–water partition coefficient (Wildman–Crippen LogP) is -0.0395. The summed E-state index contributed by atoms with van der Waals surface area (Å²) in [6.45, 7) is 3.29. The molecule has 5 N–H and O–H groups in total. The summed E-state index contributed by atoms with van der Waals surface area (Å²) in [6.07, 6.45) is 2.97. The first-order chi connectivity index (χ1) is 12.0. The summed E-state index contributed by atoms with van der Waals surface area (Å²) < 4.78 is 0.992. The van der Waals surface area contributed by atoms with Gasteiger partial charge in [-0.3, -0.25) is 4.79 Å². The van der Waals surface area contributed by atoms with Crippen LogP contribution in [0.3, 0.4) is 0 Å². The van der Waals surface area contributed by atoms with E-state index < -0.39 is 5.54 Å². The van der Waals surface area contributed by atoms with Crippen molar-refractivity contribution in [3.8, 4) is 0 Å². The molecule has 25 heavy (non-hydrogen) atoms. The molecule has 1 atom stereocenters. The molecule has 1 spiro atoms. The lowest BCUT2D eigenvalue weighted by molar-refractivity contribution is 0.0903. The number of nitrogens with one attached hydrogen (secondary N) is 2. The highest BCUT2D eigenvalue weighted by atomic mass is 16.5. The number of amides is 1. The maximum Gasteiger partial charge on any atom is 0.254 e. The molecule has 0 radical (unpaired) electrons. The van der Waals surface area contributed by atoms with Gasteiger partial charge in [-0.15, -0.1) is 0 Å². The second-order valence-electron chi connectivity index (χ2n) is 6.45. The van der Waals surface area contributed by atoms with E-state index in [1.54, 1.807) is 6.07 Å². The fourth-order valence-corrected chi connectivity index (χ4v) is 3.64. The zero-order chi connectivity index (χ0) is 17.6. The molecule has 0 saturated carbocycles. The zero-order valence-electron chi connectivity index (χ0n) is 13.8. The van der Waals surface area contributed by atoms with Crippen molar-refractivity contribution >= 4 is 17.5 Å². The number of pyridine rings is 1. The number of fused-ring (bicyclic) bond motifs is 2. The van der Waals surface area contributed by atoms with Crippen molar-refractivity contribution < 1.29 is 10.0 Å². The minimum atomic E-state index is -0.625. The summed E-state index contributed by atoms with van der Waals surface area (Å²) in [5.74, 6) is 0.459. The molecule has 4 rings (SSSR count). The predicted molar refractivity (Wildman–Crippen MR) is 89.3 cm³/mol. The molecule has 9 heteroatoms. The molecule has 2 aliphatic heterocycles. The van der Waals surface area contributed by atoms with Gasteiger partial charge in [0.05, 0.1) is 16.8 Å². The number of aryl methyl sites for hydroxylation is 1. The minimum absolute atomic E-state index is 0.170. The number of anilines is 1. The number of carbonyl (C=O) groups excluding carboxylic acids is 1. The smallest absolute Gasteiger partial charge is 0.254 e. The molecule has 4 heterocycles. The third kappa shape index (κ3) is 2.43. The van der Waals surface area contributed by atoms with E-state index in [9.17, 15) is 10.0 Å². The molecule has 0 aliphatic carbocycles. The van der Waals surface area contributed by atoms with E-state index in [1.165, 1.54) is 12.4 Å². The first kappa shape index (κ1) is 15.6. The molecule has 1 saturated heterocycles. The standard InChI is InChI=1S/C16H19N7O2/c1-9-5-12(21-11-6-10(17)19-8-20-11)23(25)14-13(9)15(24)22-16(14)3-2-4-18-7-16/h5-6,8,18,25H,2-4,7H2,1H3,(H,22,24)(H2,17,19,20). The molecule has 2 aliphatic rings. The Morgan fingerprint density at radius 1 is 1.40 bits per heavy atom. The van der Waals surface area contributed by atoms with Crippen LogP contribution < -0.4 is 21.9 Å².